The van der Waals surface area contributed by atoms with Gasteiger partial charge in [0.25, 0.3) is 5.56 Å². The second-order valence-corrected chi connectivity index (χ2v) is 5.67. The molecule has 4 nitrogen and oxygen atoms in total. The maximum Gasteiger partial charge on any atom is 0.261 e. The minimum Gasteiger partial charge on any atom is -0.378 e. The van der Waals surface area contributed by atoms with E-state index in [9.17, 15) is 4.79 Å². The number of anilines is 1. The van der Waals surface area contributed by atoms with E-state index in [2.05, 4.69) is 22.0 Å². The highest BCUT2D eigenvalue weighted by molar-refractivity contribution is 5.79. The zero-order chi connectivity index (χ0) is 16.4. The largest absolute Gasteiger partial charge is 0.378 e. The highest BCUT2D eigenvalue weighted by Crippen LogP contribution is 2.14. The lowest BCUT2D eigenvalue weighted by atomic mass is 10.2. The molecule has 4 heteroatoms. The van der Waals surface area contributed by atoms with Gasteiger partial charge in [0.05, 0.1) is 10.9 Å². The van der Waals surface area contributed by atoms with Crippen molar-refractivity contribution < 1.29 is 0 Å². The van der Waals surface area contributed by atoms with Crippen LogP contribution in [0.5, 0.6) is 0 Å². The molecule has 116 valence electrons. The average Bonchev–Trinajstić information content (AvgIpc) is 2.57. The van der Waals surface area contributed by atoms with Crippen molar-refractivity contribution in [3.63, 3.8) is 0 Å². The van der Waals surface area contributed by atoms with E-state index < -0.39 is 0 Å². The Morgan fingerprint density at radius 2 is 1.70 bits per heavy atom. The molecule has 2 aromatic carbocycles. The predicted octanol–water partition coefficient (Wildman–Crippen LogP) is 3.17. The molecule has 0 unspecified atom stereocenters. The van der Waals surface area contributed by atoms with Gasteiger partial charge in [-0.15, -0.1) is 0 Å². The number of para-hydroxylation sites is 1. The van der Waals surface area contributed by atoms with E-state index in [0.29, 0.717) is 11.2 Å². The number of benzene rings is 2. The van der Waals surface area contributed by atoms with Gasteiger partial charge in [0.1, 0.15) is 5.82 Å². The Kier molecular flexibility index (Phi) is 3.98. The zero-order valence-electron chi connectivity index (χ0n) is 13.5. The highest BCUT2D eigenvalue weighted by Gasteiger charge is 2.05. The summed E-state index contributed by atoms with van der Waals surface area (Å²) in [7, 11) is 5.77. The Hall–Kier alpha value is -2.88. The molecule has 0 aliphatic heterocycles. The lowest BCUT2D eigenvalue weighted by molar-refractivity contribution is 0.828. The van der Waals surface area contributed by atoms with Gasteiger partial charge >= 0.3 is 0 Å². The molecule has 0 aliphatic rings. The van der Waals surface area contributed by atoms with E-state index in [0.717, 1.165) is 16.8 Å². The standard InChI is InChI=1S/C19H19N3O/c1-21(2)15-11-8-14(9-12-15)10-13-18-20-17-7-5-4-6-16(17)19(23)22(18)3/h4-13H,1-3H3. The van der Waals surface area contributed by atoms with Crippen molar-refractivity contribution in [2.75, 3.05) is 19.0 Å². The summed E-state index contributed by atoms with van der Waals surface area (Å²) in [5, 5.41) is 0.641. The topological polar surface area (TPSA) is 38.1 Å². The lowest BCUT2D eigenvalue weighted by Crippen LogP contribution is -2.20. The summed E-state index contributed by atoms with van der Waals surface area (Å²) in [6.45, 7) is 0. The molecule has 3 aromatic rings. The first kappa shape index (κ1) is 15.0. The van der Waals surface area contributed by atoms with Gasteiger partial charge < -0.3 is 4.90 Å². The molecule has 0 N–H and O–H groups in total. The van der Waals surface area contributed by atoms with E-state index in [1.807, 2.05) is 56.6 Å². The summed E-state index contributed by atoms with van der Waals surface area (Å²) in [5.74, 6) is 0.644. The Morgan fingerprint density at radius 3 is 2.39 bits per heavy atom. The third kappa shape index (κ3) is 3.01. The molecule has 3 rings (SSSR count). The molecule has 0 saturated heterocycles. The number of fused-ring (bicyclic) bond motifs is 1. The number of hydrogen-bond acceptors (Lipinski definition) is 3. The summed E-state index contributed by atoms with van der Waals surface area (Å²) in [6, 6.07) is 15.6. The number of nitrogens with zero attached hydrogens (tertiary/aromatic N) is 3. The Labute approximate surface area is 135 Å². The van der Waals surface area contributed by atoms with Crippen LogP contribution < -0.4 is 10.5 Å². The lowest BCUT2D eigenvalue weighted by Gasteiger charge is -2.11. The first-order valence-electron chi connectivity index (χ1n) is 7.47. The minimum atomic E-state index is -0.0294. The van der Waals surface area contributed by atoms with Crippen molar-refractivity contribution in [1.29, 1.82) is 0 Å². The maximum atomic E-state index is 12.4. The van der Waals surface area contributed by atoms with Crippen molar-refractivity contribution in [3.8, 4) is 0 Å². The van der Waals surface area contributed by atoms with Crippen molar-refractivity contribution >= 4 is 28.7 Å². The van der Waals surface area contributed by atoms with Crippen LogP contribution in [0.4, 0.5) is 5.69 Å². The van der Waals surface area contributed by atoms with Crippen molar-refractivity contribution in [1.82, 2.24) is 9.55 Å². The van der Waals surface area contributed by atoms with Gasteiger partial charge in [-0.05, 0) is 35.9 Å². The Morgan fingerprint density at radius 1 is 1.00 bits per heavy atom. The smallest absolute Gasteiger partial charge is 0.261 e. The third-order valence-electron chi connectivity index (χ3n) is 3.85. The van der Waals surface area contributed by atoms with Gasteiger partial charge in [-0.3, -0.25) is 9.36 Å². The van der Waals surface area contributed by atoms with Crippen LogP contribution in [0.25, 0.3) is 23.1 Å². The SMILES string of the molecule is CN(C)c1ccc(C=Cc2nc3ccccc3c(=O)n2C)cc1. The Balaban J connectivity index is 1.97. The normalized spacial score (nSPS) is 11.3. The van der Waals surface area contributed by atoms with E-state index >= 15 is 0 Å². The zero-order valence-corrected chi connectivity index (χ0v) is 13.5. The monoisotopic (exact) mass is 305 g/mol. The van der Waals surface area contributed by atoms with Gasteiger partial charge in [0, 0.05) is 26.8 Å². The van der Waals surface area contributed by atoms with Gasteiger partial charge in [-0.1, -0.05) is 30.3 Å². The van der Waals surface area contributed by atoms with Crippen LogP contribution in [0.1, 0.15) is 11.4 Å². The van der Waals surface area contributed by atoms with Crippen LogP contribution in [-0.4, -0.2) is 23.6 Å². The van der Waals surface area contributed by atoms with Gasteiger partial charge in [0.2, 0.25) is 0 Å². The summed E-state index contributed by atoms with van der Waals surface area (Å²) in [6.07, 6.45) is 3.84. The third-order valence-corrected chi connectivity index (χ3v) is 3.85. The first-order chi connectivity index (χ1) is 11.1. The molecule has 0 amide bonds. The van der Waals surface area contributed by atoms with Crippen molar-refractivity contribution in [2.45, 2.75) is 0 Å². The number of rotatable bonds is 3. The molecular formula is C19H19N3O. The highest BCUT2D eigenvalue weighted by atomic mass is 16.1. The molecule has 1 aromatic heterocycles. The summed E-state index contributed by atoms with van der Waals surface area (Å²) < 4.78 is 1.58. The van der Waals surface area contributed by atoms with E-state index in [4.69, 9.17) is 0 Å². The molecule has 0 radical (unpaired) electrons. The molecule has 0 atom stereocenters. The minimum absolute atomic E-state index is 0.0294. The van der Waals surface area contributed by atoms with Crippen LogP contribution >= 0.6 is 0 Å². The number of aromatic nitrogens is 2. The van der Waals surface area contributed by atoms with Gasteiger partial charge in [-0.2, -0.15) is 0 Å². The second-order valence-electron chi connectivity index (χ2n) is 5.67. The quantitative estimate of drug-likeness (QED) is 0.746. The molecule has 1 heterocycles. The van der Waals surface area contributed by atoms with Crippen LogP contribution in [-0.2, 0) is 7.05 Å². The Bertz CT molecular complexity index is 921. The maximum absolute atomic E-state index is 12.4. The summed E-state index contributed by atoms with van der Waals surface area (Å²) in [4.78, 5) is 19.0. The molecule has 0 bridgehead atoms. The molecular weight excluding hydrogens is 286 g/mol. The average molecular weight is 305 g/mol. The molecule has 0 spiro atoms. The predicted molar refractivity (Wildman–Crippen MR) is 96.7 cm³/mol. The van der Waals surface area contributed by atoms with Crippen molar-refractivity contribution in [2.24, 2.45) is 7.05 Å². The van der Waals surface area contributed by atoms with Gasteiger partial charge in [0.15, 0.2) is 0 Å². The second kappa shape index (κ2) is 6.08. The van der Waals surface area contributed by atoms with E-state index in [1.54, 1.807) is 17.7 Å². The van der Waals surface area contributed by atoms with Gasteiger partial charge in [-0.25, -0.2) is 4.98 Å². The fourth-order valence-electron chi connectivity index (χ4n) is 2.44. The van der Waals surface area contributed by atoms with Crippen LogP contribution in [0, 0.1) is 0 Å². The fourth-order valence-corrected chi connectivity index (χ4v) is 2.44. The van der Waals surface area contributed by atoms with Crippen LogP contribution in [0.15, 0.2) is 53.3 Å². The number of hydrogen-bond donors (Lipinski definition) is 0. The first-order valence-corrected chi connectivity index (χ1v) is 7.47. The summed E-state index contributed by atoms with van der Waals surface area (Å²) in [5.41, 5.74) is 2.91. The van der Waals surface area contributed by atoms with E-state index in [1.165, 1.54) is 0 Å². The fraction of sp³-hybridized carbons (Fsp3) is 0.158. The van der Waals surface area contributed by atoms with E-state index in [-0.39, 0.29) is 5.56 Å². The molecule has 0 fully saturated rings. The van der Waals surface area contributed by atoms with Crippen LogP contribution in [0.2, 0.25) is 0 Å². The van der Waals surface area contributed by atoms with Crippen LogP contribution in [0.3, 0.4) is 0 Å². The molecule has 0 saturated carbocycles. The molecule has 0 aliphatic carbocycles. The molecule has 23 heavy (non-hydrogen) atoms. The van der Waals surface area contributed by atoms with Crippen molar-refractivity contribution in [3.05, 3.63) is 70.3 Å². The summed E-state index contributed by atoms with van der Waals surface area (Å²) >= 11 is 0.